The minimum Gasteiger partial charge on any atom is -0.258 e. The summed E-state index contributed by atoms with van der Waals surface area (Å²) in [5.74, 6) is -0.654. The molecule has 2 unspecified atom stereocenters. The van der Waals surface area contributed by atoms with Crippen LogP contribution in [0.15, 0.2) is 18.2 Å². The van der Waals surface area contributed by atoms with Crippen molar-refractivity contribution in [1.29, 1.82) is 0 Å². The van der Waals surface area contributed by atoms with E-state index in [1.165, 1.54) is 0 Å². The fraction of sp³-hybridized carbons (Fsp3) is 0.538. The fourth-order valence-electron chi connectivity index (χ4n) is 2.33. The van der Waals surface area contributed by atoms with Crippen LogP contribution in [0.3, 0.4) is 0 Å². The highest BCUT2D eigenvalue weighted by Gasteiger charge is 2.38. The summed E-state index contributed by atoms with van der Waals surface area (Å²) in [6.45, 7) is 5.16. The SMILES string of the molecule is CC(C)C(c1ccc([N+](=O)[O-])cc1C(F)(F)F)C(C)Cl. The van der Waals surface area contributed by atoms with E-state index in [0.29, 0.717) is 6.07 Å². The zero-order valence-corrected chi connectivity index (χ0v) is 12.0. The first kappa shape index (κ1) is 16.8. The number of benzene rings is 1. The number of nitro groups is 1. The molecule has 7 heteroatoms. The lowest BCUT2D eigenvalue weighted by molar-refractivity contribution is -0.385. The third-order valence-electron chi connectivity index (χ3n) is 3.13. The minimum absolute atomic E-state index is 0.000556. The molecular formula is C13H15ClF3NO2. The summed E-state index contributed by atoms with van der Waals surface area (Å²) in [5, 5.41) is 10.1. The molecule has 2 atom stereocenters. The first-order chi connectivity index (χ1) is 9.05. The van der Waals surface area contributed by atoms with E-state index in [1.54, 1.807) is 20.8 Å². The van der Waals surface area contributed by atoms with E-state index < -0.39 is 33.6 Å². The molecule has 0 aliphatic carbocycles. The lowest BCUT2D eigenvalue weighted by atomic mass is 9.83. The molecule has 0 aliphatic rings. The summed E-state index contributed by atoms with van der Waals surface area (Å²) < 4.78 is 39.3. The van der Waals surface area contributed by atoms with E-state index in [9.17, 15) is 23.3 Å². The van der Waals surface area contributed by atoms with Crippen LogP contribution in [-0.2, 0) is 6.18 Å². The molecule has 0 spiro atoms. The molecule has 0 saturated heterocycles. The van der Waals surface area contributed by atoms with Crippen molar-refractivity contribution in [2.24, 2.45) is 5.92 Å². The second kappa shape index (κ2) is 5.99. The highest BCUT2D eigenvalue weighted by molar-refractivity contribution is 6.20. The van der Waals surface area contributed by atoms with Gasteiger partial charge in [-0.05, 0) is 18.4 Å². The zero-order valence-electron chi connectivity index (χ0n) is 11.2. The van der Waals surface area contributed by atoms with Crippen molar-refractivity contribution in [1.82, 2.24) is 0 Å². The van der Waals surface area contributed by atoms with Gasteiger partial charge in [0, 0.05) is 23.4 Å². The van der Waals surface area contributed by atoms with Crippen molar-refractivity contribution in [2.45, 2.75) is 38.2 Å². The van der Waals surface area contributed by atoms with E-state index in [1.807, 2.05) is 0 Å². The van der Waals surface area contributed by atoms with Crippen molar-refractivity contribution in [3.63, 3.8) is 0 Å². The Bertz CT molecular complexity index is 493. The van der Waals surface area contributed by atoms with Crippen molar-refractivity contribution < 1.29 is 18.1 Å². The number of non-ortho nitro benzene ring substituents is 1. The lowest BCUT2D eigenvalue weighted by Gasteiger charge is -2.26. The Morgan fingerprint density at radius 2 is 1.80 bits per heavy atom. The van der Waals surface area contributed by atoms with Crippen LogP contribution in [0.4, 0.5) is 18.9 Å². The molecule has 112 valence electrons. The molecule has 0 fully saturated rings. The Hall–Kier alpha value is -1.30. The molecule has 1 aromatic carbocycles. The van der Waals surface area contributed by atoms with Gasteiger partial charge in [0.05, 0.1) is 10.5 Å². The first-order valence-corrected chi connectivity index (χ1v) is 6.49. The van der Waals surface area contributed by atoms with Gasteiger partial charge in [0.1, 0.15) is 0 Å². The highest BCUT2D eigenvalue weighted by atomic mass is 35.5. The number of hydrogen-bond donors (Lipinski definition) is 0. The second-order valence-electron chi connectivity index (χ2n) is 4.97. The molecule has 0 saturated carbocycles. The van der Waals surface area contributed by atoms with Crippen LogP contribution in [0.25, 0.3) is 0 Å². The van der Waals surface area contributed by atoms with Crippen molar-refractivity contribution >= 4 is 17.3 Å². The van der Waals surface area contributed by atoms with Gasteiger partial charge in [-0.1, -0.05) is 19.9 Å². The Balaban J connectivity index is 3.49. The molecule has 1 aromatic rings. The van der Waals surface area contributed by atoms with Gasteiger partial charge < -0.3 is 0 Å². The quantitative estimate of drug-likeness (QED) is 0.447. The maximum absolute atomic E-state index is 13.1. The third kappa shape index (κ3) is 3.62. The van der Waals surface area contributed by atoms with Crippen molar-refractivity contribution in [3.8, 4) is 0 Å². The van der Waals surface area contributed by atoms with Crippen molar-refractivity contribution in [3.05, 3.63) is 39.4 Å². The molecule has 0 bridgehead atoms. The summed E-state index contributed by atoms with van der Waals surface area (Å²) in [6, 6.07) is 2.81. The Morgan fingerprint density at radius 3 is 2.15 bits per heavy atom. The Labute approximate surface area is 119 Å². The standard InChI is InChI=1S/C13H15ClF3NO2/c1-7(2)12(8(3)14)10-5-4-9(18(19)20)6-11(10)13(15,16)17/h4-8,12H,1-3H3. The van der Waals surface area contributed by atoms with Crippen LogP contribution in [0.5, 0.6) is 0 Å². The van der Waals surface area contributed by atoms with Crippen LogP contribution in [0.2, 0.25) is 0 Å². The van der Waals surface area contributed by atoms with Gasteiger partial charge in [0.15, 0.2) is 0 Å². The third-order valence-corrected chi connectivity index (χ3v) is 3.40. The summed E-state index contributed by atoms with van der Waals surface area (Å²) in [4.78, 5) is 9.80. The van der Waals surface area contributed by atoms with E-state index in [2.05, 4.69) is 0 Å². The number of nitrogens with zero attached hydrogens (tertiary/aromatic N) is 1. The molecule has 1 rings (SSSR count). The molecular weight excluding hydrogens is 295 g/mol. The van der Waals surface area contributed by atoms with Crippen molar-refractivity contribution in [2.75, 3.05) is 0 Å². The lowest BCUT2D eigenvalue weighted by Crippen LogP contribution is -2.21. The molecule has 0 aliphatic heterocycles. The zero-order chi connectivity index (χ0) is 15.7. The van der Waals surface area contributed by atoms with Crippen LogP contribution >= 0.6 is 11.6 Å². The summed E-state index contributed by atoms with van der Waals surface area (Å²) in [7, 11) is 0. The van der Waals surface area contributed by atoms with Gasteiger partial charge >= 0.3 is 6.18 Å². The van der Waals surface area contributed by atoms with Gasteiger partial charge in [-0.2, -0.15) is 13.2 Å². The largest absolute Gasteiger partial charge is 0.416 e. The molecule has 0 aromatic heterocycles. The molecule has 0 radical (unpaired) electrons. The van der Waals surface area contributed by atoms with Gasteiger partial charge in [0.2, 0.25) is 0 Å². The number of alkyl halides is 4. The maximum atomic E-state index is 13.1. The summed E-state index contributed by atoms with van der Waals surface area (Å²) in [6.07, 6.45) is -4.65. The number of rotatable bonds is 4. The second-order valence-corrected chi connectivity index (χ2v) is 5.66. The number of hydrogen-bond acceptors (Lipinski definition) is 2. The Kier molecular flexibility index (Phi) is 5.02. The first-order valence-electron chi connectivity index (χ1n) is 6.05. The number of halogens is 4. The average Bonchev–Trinajstić information content (AvgIpc) is 2.26. The fourth-order valence-corrected chi connectivity index (χ4v) is 2.76. The highest BCUT2D eigenvalue weighted by Crippen LogP contribution is 2.41. The molecule has 0 N–H and O–H groups in total. The van der Waals surface area contributed by atoms with Crippen LogP contribution in [-0.4, -0.2) is 10.3 Å². The topological polar surface area (TPSA) is 43.1 Å². The maximum Gasteiger partial charge on any atom is 0.416 e. The predicted octanol–water partition coefficient (Wildman–Crippen LogP) is 4.98. The van der Waals surface area contributed by atoms with Crippen LogP contribution in [0.1, 0.15) is 37.8 Å². The van der Waals surface area contributed by atoms with E-state index >= 15 is 0 Å². The molecule has 3 nitrogen and oxygen atoms in total. The van der Waals surface area contributed by atoms with Crippen LogP contribution < -0.4 is 0 Å². The molecule has 0 amide bonds. The predicted molar refractivity (Wildman–Crippen MR) is 71.0 cm³/mol. The smallest absolute Gasteiger partial charge is 0.258 e. The van der Waals surface area contributed by atoms with Gasteiger partial charge in [-0.15, -0.1) is 11.6 Å². The normalized spacial score (nSPS) is 15.2. The Morgan fingerprint density at radius 1 is 1.25 bits per heavy atom. The molecule has 0 heterocycles. The number of nitro benzene ring substituents is 1. The average molecular weight is 310 g/mol. The molecule has 20 heavy (non-hydrogen) atoms. The summed E-state index contributed by atoms with van der Waals surface area (Å²) in [5.41, 5.74) is -1.57. The summed E-state index contributed by atoms with van der Waals surface area (Å²) >= 11 is 6.00. The van der Waals surface area contributed by atoms with Crippen LogP contribution in [0, 0.1) is 16.0 Å². The monoisotopic (exact) mass is 309 g/mol. The minimum atomic E-state index is -4.65. The van der Waals surface area contributed by atoms with Gasteiger partial charge in [-0.3, -0.25) is 10.1 Å². The van der Waals surface area contributed by atoms with E-state index in [0.717, 1.165) is 12.1 Å². The van der Waals surface area contributed by atoms with Gasteiger partial charge in [-0.25, -0.2) is 0 Å². The van der Waals surface area contributed by atoms with E-state index in [4.69, 9.17) is 11.6 Å². The van der Waals surface area contributed by atoms with Gasteiger partial charge in [0.25, 0.3) is 5.69 Å². The van der Waals surface area contributed by atoms with E-state index in [-0.39, 0.29) is 11.5 Å².